The molecule has 328 valence electrons. The van der Waals surface area contributed by atoms with Gasteiger partial charge < -0.3 is 29.9 Å². The molecule has 0 spiro atoms. The van der Waals surface area contributed by atoms with Crippen molar-refractivity contribution in [1.29, 1.82) is 0 Å². The van der Waals surface area contributed by atoms with E-state index in [0.717, 1.165) is 11.1 Å². The average molecular weight is 841 g/mol. The second kappa shape index (κ2) is 22.6. The van der Waals surface area contributed by atoms with E-state index in [9.17, 15) is 19.2 Å². The molecule has 4 amide bonds. The van der Waals surface area contributed by atoms with Gasteiger partial charge in [-0.3, -0.25) is 19.2 Å². The fourth-order valence-corrected chi connectivity index (χ4v) is 7.99. The first kappa shape index (κ1) is 46.9. The van der Waals surface area contributed by atoms with E-state index in [1.54, 1.807) is 26.2 Å². The maximum atomic E-state index is 13.4. The third-order valence-electron chi connectivity index (χ3n) is 11.2. The number of para-hydroxylation sites is 2. The zero-order valence-electron chi connectivity index (χ0n) is 37.5. The highest BCUT2D eigenvalue weighted by atomic mass is 16.5. The molecule has 0 fully saturated rings. The molecule has 2 N–H and O–H groups in total. The third kappa shape index (κ3) is 12.5. The molecule has 6 rings (SSSR count). The normalized spacial score (nSPS) is 24.0. The van der Waals surface area contributed by atoms with E-state index < -0.39 is 12.1 Å². The molecule has 0 aromatic heterocycles. The van der Waals surface area contributed by atoms with E-state index in [2.05, 4.69) is 34.9 Å². The molecule has 2 aliphatic rings. The van der Waals surface area contributed by atoms with Gasteiger partial charge in [-0.25, -0.2) is 0 Å². The quantitative estimate of drug-likeness (QED) is 0.198. The van der Waals surface area contributed by atoms with Crippen LogP contribution in [0.3, 0.4) is 0 Å². The van der Waals surface area contributed by atoms with Gasteiger partial charge in [0.1, 0.15) is 23.6 Å². The first-order valence-electron chi connectivity index (χ1n) is 21.8. The lowest BCUT2D eigenvalue weighted by atomic mass is 9.98. The second-order valence-corrected chi connectivity index (χ2v) is 16.9. The summed E-state index contributed by atoms with van der Waals surface area (Å²) in [5, 5.41) is 6.38. The molecule has 2 aliphatic heterocycles. The number of fused-ring (bicyclic) bond motifs is 2. The maximum Gasteiger partial charge on any atom is 0.258 e. The number of carbonyl (C=O) groups is 4. The summed E-state index contributed by atoms with van der Waals surface area (Å²) < 4.78 is 12.2. The van der Waals surface area contributed by atoms with Crippen molar-refractivity contribution in [2.45, 2.75) is 104 Å². The number of nitrogens with zero attached hydrogens (tertiary/aromatic N) is 2. The molecule has 0 bridgehead atoms. The summed E-state index contributed by atoms with van der Waals surface area (Å²) in [6, 6.07) is 32.8. The highest BCUT2D eigenvalue weighted by Crippen LogP contribution is 2.28. The second-order valence-electron chi connectivity index (χ2n) is 16.9. The van der Waals surface area contributed by atoms with E-state index in [-0.39, 0.29) is 59.8 Å². The minimum absolute atomic E-state index is 0.0548. The minimum Gasteiger partial charge on any atom is -0.490 e. The van der Waals surface area contributed by atoms with Gasteiger partial charge in [0.15, 0.2) is 0 Å². The smallest absolute Gasteiger partial charge is 0.258 e. The van der Waals surface area contributed by atoms with E-state index in [0.29, 0.717) is 48.3 Å². The van der Waals surface area contributed by atoms with Crippen LogP contribution < -0.4 is 20.1 Å². The zero-order chi connectivity index (χ0) is 44.8. The van der Waals surface area contributed by atoms with Crippen molar-refractivity contribution in [3.63, 3.8) is 0 Å². The fourth-order valence-electron chi connectivity index (χ4n) is 7.99. The van der Waals surface area contributed by atoms with Crippen molar-refractivity contribution < 1.29 is 28.7 Å². The molecule has 0 unspecified atom stereocenters. The molecule has 0 saturated carbocycles. The molecule has 4 aromatic carbocycles. The molecule has 62 heavy (non-hydrogen) atoms. The fraction of sp³-hybridized carbons (Fsp3) is 0.385. The van der Waals surface area contributed by atoms with Crippen LogP contribution in [0.15, 0.2) is 133 Å². The Morgan fingerprint density at radius 1 is 0.484 bits per heavy atom. The van der Waals surface area contributed by atoms with Crippen LogP contribution in [-0.2, 0) is 9.59 Å². The van der Waals surface area contributed by atoms with Crippen molar-refractivity contribution in [2.75, 3.05) is 14.1 Å². The highest BCUT2D eigenvalue weighted by Gasteiger charge is 2.34. The molecular formula is C52H64N4O6. The summed E-state index contributed by atoms with van der Waals surface area (Å²) >= 11 is 0. The molecule has 0 aliphatic carbocycles. The summed E-state index contributed by atoms with van der Waals surface area (Å²) in [5.74, 6) is 0.223. The third-order valence-corrected chi connectivity index (χ3v) is 11.2. The number of likely N-dealkylation sites (N-methyl/N-ethyl adjacent to an activating group) is 2. The highest BCUT2D eigenvalue weighted by molar-refractivity contribution is 6.00. The lowest BCUT2D eigenvalue weighted by Gasteiger charge is -2.32. The topological polar surface area (TPSA) is 117 Å². The van der Waals surface area contributed by atoms with Gasteiger partial charge in [-0.2, -0.15) is 0 Å². The largest absolute Gasteiger partial charge is 0.490 e. The molecule has 10 heteroatoms. The van der Waals surface area contributed by atoms with Gasteiger partial charge in [0.05, 0.1) is 35.4 Å². The van der Waals surface area contributed by atoms with Crippen molar-refractivity contribution in [3.05, 3.63) is 156 Å². The van der Waals surface area contributed by atoms with Gasteiger partial charge in [0, 0.05) is 26.9 Å². The Balaban J connectivity index is 0.000000234. The summed E-state index contributed by atoms with van der Waals surface area (Å²) in [4.78, 5) is 56.6. The van der Waals surface area contributed by atoms with Gasteiger partial charge in [-0.05, 0) is 73.9 Å². The van der Waals surface area contributed by atoms with Gasteiger partial charge >= 0.3 is 0 Å². The zero-order valence-corrected chi connectivity index (χ0v) is 37.5. The molecule has 6 atom stereocenters. The van der Waals surface area contributed by atoms with Crippen LogP contribution in [0.1, 0.15) is 111 Å². The molecule has 0 saturated heterocycles. The number of ether oxygens (including phenoxy) is 2. The molecule has 0 radical (unpaired) electrons. The van der Waals surface area contributed by atoms with E-state index >= 15 is 0 Å². The molecular weight excluding hydrogens is 777 g/mol. The Morgan fingerprint density at radius 3 is 1.16 bits per heavy atom. The van der Waals surface area contributed by atoms with Crippen molar-refractivity contribution in [2.24, 2.45) is 11.8 Å². The van der Waals surface area contributed by atoms with Gasteiger partial charge in [0.2, 0.25) is 11.8 Å². The van der Waals surface area contributed by atoms with Gasteiger partial charge in [-0.15, -0.1) is 0 Å². The number of rotatable bonds is 4. The van der Waals surface area contributed by atoms with Crippen LogP contribution in [0.5, 0.6) is 11.5 Å². The monoisotopic (exact) mass is 840 g/mol. The standard InChI is InChI=1S/2C26H32N2O3/c2*1-18(2)24-25(29)27-22(20-13-6-5-7-14-20)16-10-8-12-19(3)31-23-17-11-9-15-21(23)26(30)28(24)4/h2*5-11,13-15,17-19,22,24H,12,16H2,1-4H3,(H,27,29)/b10-8+;10-8-/t2*19-,22-,24+/m11/s1. The van der Waals surface area contributed by atoms with Crippen LogP contribution in [0.4, 0.5) is 0 Å². The maximum absolute atomic E-state index is 13.4. The van der Waals surface area contributed by atoms with E-state index in [4.69, 9.17) is 9.47 Å². The molecule has 10 nitrogen and oxygen atoms in total. The molecule has 2 heterocycles. The molecule has 4 aromatic rings. The van der Waals surface area contributed by atoms with Gasteiger partial charge in [0.25, 0.3) is 11.8 Å². The Kier molecular flexibility index (Phi) is 17.1. The Bertz CT molecular complexity index is 2000. The average Bonchev–Trinajstić information content (AvgIpc) is 3.25. The summed E-state index contributed by atoms with van der Waals surface area (Å²) in [5.41, 5.74) is 3.02. The SMILES string of the molecule is CC(C)[C@H]1C(=O)N[C@@H](c2ccccc2)C/C=C/C[C@@H](C)Oc2ccccc2C(=O)N1C.CC(C)[C@H]1C(=O)N[C@@H](c2ccccc2)C/C=C\C[C@@H](C)Oc2ccccc2C(=O)N1C. The van der Waals surface area contributed by atoms with Crippen molar-refractivity contribution in [3.8, 4) is 11.5 Å². The first-order chi connectivity index (χ1) is 29.8. The number of nitrogens with one attached hydrogen (secondary N) is 2. The number of benzene rings is 4. The van der Waals surface area contributed by atoms with E-state index in [1.165, 1.54) is 9.80 Å². The lowest BCUT2D eigenvalue weighted by Crippen LogP contribution is -2.51. The van der Waals surface area contributed by atoms with Crippen LogP contribution in [0, 0.1) is 11.8 Å². The van der Waals surface area contributed by atoms with Crippen molar-refractivity contribution in [1.82, 2.24) is 20.4 Å². The number of amides is 4. The summed E-state index contributed by atoms with van der Waals surface area (Å²) in [6.07, 6.45) is 10.9. The predicted octanol–water partition coefficient (Wildman–Crippen LogP) is 9.52. The summed E-state index contributed by atoms with van der Waals surface area (Å²) in [6.45, 7) is 11.8. The van der Waals surface area contributed by atoms with Crippen LogP contribution in [0.25, 0.3) is 0 Å². The number of carbonyl (C=O) groups excluding carboxylic acids is 4. The lowest BCUT2D eigenvalue weighted by molar-refractivity contribution is -0.128. The van der Waals surface area contributed by atoms with Crippen LogP contribution >= 0.6 is 0 Å². The first-order valence-corrected chi connectivity index (χ1v) is 21.8. The Labute approximate surface area is 368 Å². The minimum atomic E-state index is -0.601. The van der Waals surface area contributed by atoms with Crippen LogP contribution in [-0.4, -0.2) is 71.8 Å². The Morgan fingerprint density at radius 2 is 0.806 bits per heavy atom. The van der Waals surface area contributed by atoms with Crippen molar-refractivity contribution >= 4 is 23.6 Å². The number of hydrogen-bond acceptors (Lipinski definition) is 6. The van der Waals surface area contributed by atoms with E-state index in [1.807, 2.05) is 139 Å². The Hall–Kier alpha value is -6.16. The number of hydrogen-bond donors (Lipinski definition) is 2. The predicted molar refractivity (Wildman–Crippen MR) is 246 cm³/mol. The summed E-state index contributed by atoms with van der Waals surface area (Å²) in [7, 11) is 3.38. The van der Waals surface area contributed by atoms with Crippen LogP contribution in [0.2, 0.25) is 0 Å². The van der Waals surface area contributed by atoms with Gasteiger partial charge in [-0.1, -0.05) is 137 Å².